The fourth-order valence-electron chi connectivity index (χ4n) is 3.55. The number of amides is 2. The molecule has 0 bridgehead atoms. The number of hydrogen-bond acceptors (Lipinski definition) is 4. The van der Waals surface area contributed by atoms with E-state index in [9.17, 15) is 9.59 Å². The first-order valence-corrected chi connectivity index (χ1v) is 8.96. The van der Waals surface area contributed by atoms with Crippen molar-refractivity contribution in [1.29, 1.82) is 0 Å². The topological polar surface area (TPSA) is 53.1 Å². The maximum Gasteiger partial charge on any atom is 0.254 e. The lowest BCUT2D eigenvalue weighted by molar-refractivity contribution is -0.168. The van der Waals surface area contributed by atoms with Gasteiger partial charge in [-0.2, -0.15) is 0 Å². The first-order chi connectivity index (χ1) is 12.0. The first-order valence-electron chi connectivity index (χ1n) is 8.96. The van der Waals surface area contributed by atoms with Gasteiger partial charge in [-0.05, 0) is 19.0 Å². The molecule has 2 atom stereocenters. The highest BCUT2D eigenvalue weighted by molar-refractivity contribution is 5.86. The third kappa shape index (κ3) is 3.70. The van der Waals surface area contributed by atoms with Crippen LogP contribution in [0.5, 0.6) is 0 Å². The average molecular weight is 345 g/mol. The van der Waals surface area contributed by atoms with E-state index in [0.29, 0.717) is 13.1 Å². The molecular formula is C19H27N3O3. The SMILES string of the molecule is CCN1CCN(C(=O)[C@H]2OCC(=O)N(C)[C@H]2c2ccc(C)cc2)CC1. The van der Waals surface area contributed by atoms with Crippen molar-refractivity contribution in [3.8, 4) is 0 Å². The summed E-state index contributed by atoms with van der Waals surface area (Å²) < 4.78 is 5.73. The van der Waals surface area contributed by atoms with Gasteiger partial charge in [0.25, 0.3) is 5.91 Å². The molecule has 0 spiro atoms. The fourth-order valence-corrected chi connectivity index (χ4v) is 3.55. The van der Waals surface area contributed by atoms with Crippen LogP contribution in [0.4, 0.5) is 0 Å². The molecule has 2 aliphatic rings. The Labute approximate surface area is 149 Å². The predicted octanol–water partition coefficient (Wildman–Crippen LogP) is 1.06. The molecule has 0 radical (unpaired) electrons. The van der Waals surface area contributed by atoms with Crippen molar-refractivity contribution in [2.24, 2.45) is 0 Å². The highest BCUT2D eigenvalue weighted by Crippen LogP contribution is 2.30. The maximum atomic E-state index is 13.1. The zero-order valence-electron chi connectivity index (χ0n) is 15.3. The molecule has 136 valence electrons. The van der Waals surface area contributed by atoms with Crippen molar-refractivity contribution in [2.45, 2.75) is 26.0 Å². The Hall–Kier alpha value is -1.92. The van der Waals surface area contributed by atoms with E-state index >= 15 is 0 Å². The number of piperazine rings is 1. The van der Waals surface area contributed by atoms with E-state index in [-0.39, 0.29) is 24.5 Å². The van der Waals surface area contributed by atoms with Crippen LogP contribution in [0.15, 0.2) is 24.3 Å². The molecule has 0 saturated carbocycles. The van der Waals surface area contributed by atoms with Gasteiger partial charge in [-0.15, -0.1) is 0 Å². The number of likely N-dealkylation sites (N-methyl/N-ethyl adjacent to an activating group) is 2. The smallest absolute Gasteiger partial charge is 0.254 e. The Morgan fingerprint density at radius 1 is 1.16 bits per heavy atom. The molecular weight excluding hydrogens is 318 g/mol. The molecule has 2 amide bonds. The van der Waals surface area contributed by atoms with Gasteiger partial charge in [0.05, 0.1) is 6.04 Å². The van der Waals surface area contributed by atoms with Gasteiger partial charge >= 0.3 is 0 Å². The second-order valence-electron chi connectivity index (χ2n) is 6.85. The van der Waals surface area contributed by atoms with E-state index in [4.69, 9.17) is 4.74 Å². The van der Waals surface area contributed by atoms with Gasteiger partial charge in [0.1, 0.15) is 6.61 Å². The summed E-state index contributed by atoms with van der Waals surface area (Å²) in [5, 5.41) is 0. The molecule has 1 aromatic carbocycles. The number of carbonyl (C=O) groups is 2. The Morgan fingerprint density at radius 2 is 1.80 bits per heavy atom. The van der Waals surface area contributed by atoms with Gasteiger partial charge < -0.3 is 19.4 Å². The molecule has 25 heavy (non-hydrogen) atoms. The minimum absolute atomic E-state index is 0.0133. The summed E-state index contributed by atoms with van der Waals surface area (Å²) >= 11 is 0. The van der Waals surface area contributed by atoms with Gasteiger partial charge in [-0.1, -0.05) is 36.8 Å². The van der Waals surface area contributed by atoms with E-state index in [2.05, 4.69) is 11.8 Å². The molecule has 0 aliphatic carbocycles. The van der Waals surface area contributed by atoms with Crippen molar-refractivity contribution in [2.75, 3.05) is 46.4 Å². The molecule has 6 heteroatoms. The van der Waals surface area contributed by atoms with Crippen LogP contribution < -0.4 is 0 Å². The summed E-state index contributed by atoms with van der Waals surface area (Å²) in [6.07, 6.45) is -0.640. The average Bonchev–Trinajstić information content (AvgIpc) is 2.64. The van der Waals surface area contributed by atoms with Crippen LogP contribution in [-0.4, -0.2) is 79.0 Å². The molecule has 2 saturated heterocycles. The van der Waals surface area contributed by atoms with Crippen LogP contribution in [0.25, 0.3) is 0 Å². The number of rotatable bonds is 3. The van der Waals surface area contributed by atoms with Gasteiger partial charge in [0.15, 0.2) is 6.10 Å². The molecule has 2 fully saturated rings. The summed E-state index contributed by atoms with van der Waals surface area (Å²) in [5.41, 5.74) is 2.08. The number of aryl methyl sites for hydroxylation is 1. The standard InChI is InChI=1S/C19H27N3O3/c1-4-21-9-11-22(12-10-21)19(24)18-17(20(3)16(23)13-25-18)15-7-5-14(2)6-8-15/h5-8,17-18H,4,9-13H2,1-3H3/t17-,18-/m0/s1. The van der Waals surface area contributed by atoms with E-state index in [1.165, 1.54) is 0 Å². The lowest BCUT2D eigenvalue weighted by atomic mass is 9.96. The second-order valence-corrected chi connectivity index (χ2v) is 6.85. The number of benzene rings is 1. The van der Waals surface area contributed by atoms with Crippen LogP contribution in [0.2, 0.25) is 0 Å². The third-order valence-corrected chi connectivity index (χ3v) is 5.28. The van der Waals surface area contributed by atoms with Crippen molar-refractivity contribution in [3.63, 3.8) is 0 Å². The molecule has 2 aliphatic heterocycles. The Balaban J connectivity index is 1.81. The largest absolute Gasteiger partial charge is 0.356 e. The second kappa shape index (κ2) is 7.54. The van der Waals surface area contributed by atoms with Crippen LogP contribution >= 0.6 is 0 Å². The monoisotopic (exact) mass is 345 g/mol. The quantitative estimate of drug-likeness (QED) is 0.822. The Kier molecular flexibility index (Phi) is 5.39. The number of carbonyl (C=O) groups excluding carboxylic acids is 2. The number of ether oxygens (including phenoxy) is 1. The third-order valence-electron chi connectivity index (χ3n) is 5.28. The summed E-state index contributed by atoms with van der Waals surface area (Å²) in [7, 11) is 1.75. The zero-order valence-corrected chi connectivity index (χ0v) is 15.3. The van der Waals surface area contributed by atoms with E-state index in [1.54, 1.807) is 11.9 Å². The highest BCUT2D eigenvalue weighted by atomic mass is 16.5. The maximum absolute atomic E-state index is 13.1. The van der Waals surface area contributed by atoms with Gasteiger partial charge in [0.2, 0.25) is 5.91 Å². The van der Waals surface area contributed by atoms with Gasteiger partial charge in [-0.25, -0.2) is 0 Å². The molecule has 1 aromatic rings. The Morgan fingerprint density at radius 3 is 2.40 bits per heavy atom. The van der Waals surface area contributed by atoms with E-state index < -0.39 is 6.10 Å². The minimum atomic E-state index is -0.640. The van der Waals surface area contributed by atoms with Crippen molar-refractivity contribution in [3.05, 3.63) is 35.4 Å². The van der Waals surface area contributed by atoms with Crippen LogP contribution in [0, 0.1) is 6.92 Å². The van der Waals surface area contributed by atoms with E-state index in [1.807, 2.05) is 36.1 Å². The molecule has 3 rings (SSSR count). The van der Waals surface area contributed by atoms with Crippen molar-refractivity contribution >= 4 is 11.8 Å². The van der Waals surface area contributed by atoms with Crippen molar-refractivity contribution < 1.29 is 14.3 Å². The molecule has 0 N–H and O–H groups in total. The van der Waals surface area contributed by atoms with Gasteiger partial charge in [0, 0.05) is 33.2 Å². The Bertz CT molecular complexity index is 623. The lowest BCUT2D eigenvalue weighted by Crippen LogP contribution is -2.57. The van der Waals surface area contributed by atoms with E-state index in [0.717, 1.165) is 30.8 Å². The van der Waals surface area contributed by atoms with Crippen LogP contribution in [0.1, 0.15) is 24.1 Å². The molecule has 6 nitrogen and oxygen atoms in total. The summed E-state index contributed by atoms with van der Waals surface area (Å²) in [5.74, 6) is -0.105. The lowest BCUT2D eigenvalue weighted by Gasteiger charge is -2.42. The number of hydrogen-bond donors (Lipinski definition) is 0. The van der Waals surface area contributed by atoms with Gasteiger partial charge in [-0.3, -0.25) is 9.59 Å². The van der Waals surface area contributed by atoms with Crippen molar-refractivity contribution in [1.82, 2.24) is 14.7 Å². The molecule has 0 unspecified atom stereocenters. The fraction of sp³-hybridized carbons (Fsp3) is 0.579. The molecule has 2 heterocycles. The normalized spacial score (nSPS) is 25.3. The van der Waals surface area contributed by atoms with Crippen LogP contribution in [-0.2, 0) is 14.3 Å². The zero-order chi connectivity index (χ0) is 18.0. The molecule has 0 aromatic heterocycles. The summed E-state index contributed by atoms with van der Waals surface area (Å²) in [6.45, 7) is 8.32. The number of morpholine rings is 1. The minimum Gasteiger partial charge on any atom is -0.356 e. The summed E-state index contributed by atoms with van der Waals surface area (Å²) in [4.78, 5) is 31.1. The first kappa shape index (κ1) is 17.9. The highest BCUT2D eigenvalue weighted by Gasteiger charge is 2.42. The number of nitrogens with zero attached hydrogens (tertiary/aromatic N) is 3. The predicted molar refractivity (Wildman–Crippen MR) is 95.1 cm³/mol. The van der Waals surface area contributed by atoms with Crippen LogP contribution in [0.3, 0.4) is 0 Å². The summed E-state index contributed by atoms with van der Waals surface area (Å²) in [6, 6.07) is 7.59.